The maximum absolute atomic E-state index is 13.7. The molecule has 1 aliphatic rings. The standard InChI is InChI=1S/C14H19FN2O2/c1-9-3-4-12(15)11(7-9)14(18)17-5-6-19-13(8-17)10(2)16/h3-4,7,10,13H,5-6,8,16H2,1-2H3. The first kappa shape index (κ1) is 14.0. The van der Waals surface area contributed by atoms with Crippen LogP contribution in [-0.4, -0.2) is 42.6 Å². The van der Waals surface area contributed by atoms with Crippen molar-refractivity contribution in [2.75, 3.05) is 19.7 Å². The minimum absolute atomic E-state index is 0.116. The maximum atomic E-state index is 13.7. The average molecular weight is 266 g/mol. The molecule has 0 saturated carbocycles. The molecule has 1 saturated heterocycles. The summed E-state index contributed by atoms with van der Waals surface area (Å²) in [6.45, 7) is 4.98. The van der Waals surface area contributed by atoms with Gasteiger partial charge in [-0.2, -0.15) is 0 Å². The summed E-state index contributed by atoms with van der Waals surface area (Å²) in [5.74, 6) is -0.783. The lowest BCUT2D eigenvalue weighted by Gasteiger charge is -2.34. The van der Waals surface area contributed by atoms with E-state index in [1.165, 1.54) is 6.07 Å². The molecule has 0 aromatic heterocycles. The Hall–Kier alpha value is -1.46. The number of carbonyl (C=O) groups is 1. The number of hydrogen-bond acceptors (Lipinski definition) is 3. The summed E-state index contributed by atoms with van der Waals surface area (Å²) in [6.07, 6.45) is -0.189. The molecule has 0 aliphatic carbocycles. The van der Waals surface area contributed by atoms with Gasteiger partial charge >= 0.3 is 0 Å². The molecule has 2 unspecified atom stereocenters. The van der Waals surface area contributed by atoms with Crippen molar-refractivity contribution in [2.24, 2.45) is 5.73 Å². The van der Waals surface area contributed by atoms with E-state index < -0.39 is 5.82 Å². The van der Waals surface area contributed by atoms with Crippen molar-refractivity contribution in [3.8, 4) is 0 Å². The summed E-state index contributed by atoms with van der Waals surface area (Å²) < 4.78 is 19.2. The summed E-state index contributed by atoms with van der Waals surface area (Å²) in [7, 11) is 0. The van der Waals surface area contributed by atoms with E-state index in [2.05, 4.69) is 0 Å². The van der Waals surface area contributed by atoms with Crippen LogP contribution >= 0.6 is 0 Å². The predicted molar refractivity (Wildman–Crippen MR) is 70.4 cm³/mol. The highest BCUT2D eigenvalue weighted by Gasteiger charge is 2.28. The van der Waals surface area contributed by atoms with Crippen LogP contribution in [0.15, 0.2) is 18.2 Å². The third-order valence-electron chi connectivity index (χ3n) is 3.32. The molecular formula is C14H19FN2O2. The van der Waals surface area contributed by atoms with Crippen LogP contribution in [0, 0.1) is 12.7 Å². The summed E-state index contributed by atoms with van der Waals surface area (Å²) >= 11 is 0. The molecule has 1 aliphatic heterocycles. The molecule has 1 heterocycles. The van der Waals surface area contributed by atoms with Crippen molar-refractivity contribution in [1.82, 2.24) is 4.90 Å². The molecule has 104 valence electrons. The molecule has 1 aromatic rings. The molecule has 2 N–H and O–H groups in total. The van der Waals surface area contributed by atoms with Gasteiger partial charge in [-0.1, -0.05) is 11.6 Å². The largest absolute Gasteiger partial charge is 0.373 e. The highest BCUT2D eigenvalue weighted by Crippen LogP contribution is 2.16. The fourth-order valence-electron chi connectivity index (χ4n) is 2.15. The Balaban J connectivity index is 2.17. The van der Waals surface area contributed by atoms with E-state index in [0.29, 0.717) is 19.7 Å². The van der Waals surface area contributed by atoms with Crippen LogP contribution in [0.5, 0.6) is 0 Å². The summed E-state index contributed by atoms with van der Waals surface area (Å²) in [5.41, 5.74) is 6.76. The van der Waals surface area contributed by atoms with Crippen molar-refractivity contribution in [1.29, 1.82) is 0 Å². The number of carbonyl (C=O) groups excluding carboxylic acids is 1. The zero-order valence-corrected chi connectivity index (χ0v) is 11.2. The number of halogens is 1. The molecule has 0 spiro atoms. The maximum Gasteiger partial charge on any atom is 0.257 e. The van der Waals surface area contributed by atoms with E-state index in [4.69, 9.17) is 10.5 Å². The lowest BCUT2D eigenvalue weighted by atomic mass is 10.1. The molecule has 2 atom stereocenters. The van der Waals surface area contributed by atoms with E-state index >= 15 is 0 Å². The molecule has 4 nitrogen and oxygen atoms in total. The highest BCUT2D eigenvalue weighted by atomic mass is 19.1. The molecule has 0 bridgehead atoms. The second-order valence-electron chi connectivity index (χ2n) is 5.00. The van der Waals surface area contributed by atoms with Crippen LogP contribution in [0.1, 0.15) is 22.8 Å². The molecule has 1 amide bonds. The highest BCUT2D eigenvalue weighted by molar-refractivity contribution is 5.94. The van der Waals surface area contributed by atoms with Gasteiger partial charge < -0.3 is 15.4 Å². The van der Waals surface area contributed by atoms with Gasteiger partial charge in [0.2, 0.25) is 0 Å². The first-order valence-electron chi connectivity index (χ1n) is 6.41. The van der Waals surface area contributed by atoms with Gasteiger partial charge in [-0.15, -0.1) is 0 Å². The van der Waals surface area contributed by atoms with Crippen LogP contribution < -0.4 is 5.73 Å². The summed E-state index contributed by atoms with van der Waals surface area (Å²) in [6, 6.07) is 4.40. The van der Waals surface area contributed by atoms with Crippen molar-refractivity contribution in [2.45, 2.75) is 26.0 Å². The molecule has 1 aromatic carbocycles. The third-order valence-corrected chi connectivity index (χ3v) is 3.32. The lowest BCUT2D eigenvalue weighted by molar-refractivity contribution is -0.0301. The minimum atomic E-state index is -0.487. The van der Waals surface area contributed by atoms with Gasteiger partial charge in [0.25, 0.3) is 5.91 Å². The number of morpholine rings is 1. The number of rotatable bonds is 2. The van der Waals surface area contributed by atoms with Crippen LogP contribution in [0.3, 0.4) is 0 Å². The summed E-state index contributed by atoms with van der Waals surface area (Å²) in [4.78, 5) is 13.9. The Morgan fingerprint density at radius 1 is 1.58 bits per heavy atom. The number of amides is 1. The van der Waals surface area contributed by atoms with Gasteiger partial charge in [0.05, 0.1) is 18.3 Å². The monoisotopic (exact) mass is 266 g/mol. The van der Waals surface area contributed by atoms with Crippen molar-refractivity contribution >= 4 is 5.91 Å². The van der Waals surface area contributed by atoms with Gasteiger partial charge in [-0.05, 0) is 26.0 Å². The molecule has 1 fully saturated rings. The second-order valence-corrected chi connectivity index (χ2v) is 5.00. The Kier molecular flexibility index (Phi) is 4.17. The van der Waals surface area contributed by atoms with Gasteiger partial charge in [0, 0.05) is 19.1 Å². The van der Waals surface area contributed by atoms with E-state index in [9.17, 15) is 9.18 Å². The van der Waals surface area contributed by atoms with Crippen molar-refractivity contribution in [3.63, 3.8) is 0 Å². The predicted octanol–water partition coefficient (Wildman–Crippen LogP) is 1.32. The normalized spacial score (nSPS) is 21.3. The van der Waals surface area contributed by atoms with Crippen LogP contribution in [0.2, 0.25) is 0 Å². The number of aryl methyl sites for hydroxylation is 1. The third kappa shape index (κ3) is 3.11. The topological polar surface area (TPSA) is 55.6 Å². The van der Waals surface area contributed by atoms with Crippen LogP contribution in [0.25, 0.3) is 0 Å². The Morgan fingerprint density at radius 2 is 2.32 bits per heavy atom. The van der Waals surface area contributed by atoms with Crippen LogP contribution in [-0.2, 0) is 4.74 Å². The van der Waals surface area contributed by atoms with E-state index in [-0.39, 0.29) is 23.6 Å². The lowest BCUT2D eigenvalue weighted by Crippen LogP contribution is -2.51. The molecular weight excluding hydrogens is 247 g/mol. The van der Waals surface area contributed by atoms with E-state index in [1.807, 2.05) is 13.8 Å². The SMILES string of the molecule is Cc1ccc(F)c(C(=O)N2CCOC(C(C)N)C2)c1. The van der Waals surface area contributed by atoms with E-state index in [1.54, 1.807) is 17.0 Å². The molecule has 19 heavy (non-hydrogen) atoms. The molecule has 2 rings (SSSR count). The Morgan fingerprint density at radius 3 is 3.00 bits per heavy atom. The Bertz CT molecular complexity index is 477. The average Bonchev–Trinajstić information content (AvgIpc) is 2.41. The Labute approximate surface area is 112 Å². The summed E-state index contributed by atoms with van der Waals surface area (Å²) in [5, 5.41) is 0. The number of benzene rings is 1. The molecule has 5 heteroatoms. The zero-order chi connectivity index (χ0) is 14.0. The van der Waals surface area contributed by atoms with E-state index in [0.717, 1.165) is 5.56 Å². The zero-order valence-electron chi connectivity index (χ0n) is 11.2. The van der Waals surface area contributed by atoms with Gasteiger partial charge in [0.15, 0.2) is 0 Å². The number of ether oxygens (including phenoxy) is 1. The number of nitrogens with zero attached hydrogens (tertiary/aromatic N) is 1. The van der Waals surface area contributed by atoms with Crippen LogP contribution in [0.4, 0.5) is 4.39 Å². The second kappa shape index (κ2) is 5.67. The van der Waals surface area contributed by atoms with Gasteiger partial charge in [-0.3, -0.25) is 4.79 Å². The number of hydrogen-bond donors (Lipinski definition) is 1. The fraction of sp³-hybridized carbons (Fsp3) is 0.500. The fourth-order valence-corrected chi connectivity index (χ4v) is 2.15. The van der Waals surface area contributed by atoms with Gasteiger partial charge in [0.1, 0.15) is 5.82 Å². The molecule has 0 radical (unpaired) electrons. The smallest absolute Gasteiger partial charge is 0.257 e. The van der Waals surface area contributed by atoms with Crippen molar-refractivity contribution < 1.29 is 13.9 Å². The number of nitrogens with two attached hydrogens (primary N) is 1. The quantitative estimate of drug-likeness (QED) is 0.878. The first-order valence-corrected chi connectivity index (χ1v) is 6.41. The minimum Gasteiger partial charge on any atom is -0.373 e. The van der Waals surface area contributed by atoms with Crippen molar-refractivity contribution in [3.05, 3.63) is 35.1 Å². The van der Waals surface area contributed by atoms with Gasteiger partial charge in [-0.25, -0.2) is 4.39 Å². The first-order chi connectivity index (χ1) is 8.99.